The molecule has 3 rings (SSSR count). The maximum Gasteiger partial charge on any atom is 0.257 e. The second-order valence-corrected chi connectivity index (χ2v) is 6.50. The minimum atomic E-state index is -0.243. The lowest BCUT2D eigenvalue weighted by atomic mass is 10.0. The Morgan fingerprint density at radius 2 is 1.76 bits per heavy atom. The highest BCUT2D eigenvalue weighted by molar-refractivity contribution is 6.31. The van der Waals surface area contributed by atoms with Gasteiger partial charge >= 0.3 is 0 Å². The molecule has 0 saturated carbocycles. The molecular weight excluding hydrogens is 340 g/mol. The minimum absolute atomic E-state index is 0.0321. The Morgan fingerprint density at radius 3 is 2.44 bits per heavy atom. The molecule has 0 bridgehead atoms. The number of halogens is 1. The molecule has 0 aromatic heterocycles. The van der Waals surface area contributed by atoms with E-state index in [1.54, 1.807) is 23.1 Å². The molecule has 2 aromatic carbocycles. The molecule has 1 saturated heterocycles. The number of nitrogens with one attached hydrogen (secondary N) is 1. The number of nitrogens with zero attached hydrogens (tertiary/aromatic N) is 1. The molecule has 0 aliphatic carbocycles. The SMILES string of the molecule is O=C(NC1CCN(C(=O)c2cc(Cl)ccc2O)CC1)c1ccccc1. The zero-order valence-electron chi connectivity index (χ0n) is 13.6. The zero-order valence-corrected chi connectivity index (χ0v) is 14.4. The van der Waals surface area contributed by atoms with E-state index >= 15 is 0 Å². The standard InChI is InChI=1S/C19H19ClN2O3/c20-14-6-7-17(23)16(12-14)19(25)22-10-8-15(9-11-22)21-18(24)13-4-2-1-3-5-13/h1-7,12,15,23H,8-11H2,(H,21,24). The zero-order chi connectivity index (χ0) is 17.8. The Morgan fingerprint density at radius 1 is 1.08 bits per heavy atom. The highest BCUT2D eigenvalue weighted by Gasteiger charge is 2.26. The van der Waals surface area contributed by atoms with Gasteiger partial charge in [0.2, 0.25) is 0 Å². The lowest BCUT2D eigenvalue weighted by Crippen LogP contribution is -2.46. The topological polar surface area (TPSA) is 69.6 Å². The van der Waals surface area contributed by atoms with Crippen molar-refractivity contribution in [3.05, 3.63) is 64.7 Å². The predicted molar refractivity (Wildman–Crippen MR) is 96.0 cm³/mol. The van der Waals surface area contributed by atoms with Gasteiger partial charge in [0.15, 0.2) is 0 Å². The average molecular weight is 359 g/mol. The van der Waals surface area contributed by atoms with Gasteiger partial charge in [-0.05, 0) is 43.2 Å². The van der Waals surface area contributed by atoms with Crippen LogP contribution in [0, 0.1) is 0 Å². The van der Waals surface area contributed by atoms with Gasteiger partial charge in [-0.2, -0.15) is 0 Å². The lowest BCUT2D eigenvalue weighted by molar-refractivity contribution is 0.0695. The number of likely N-dealkylation sites (tertiary alicyclic amines) is 1. The molecular formula is C19H19ClN2O3. The van der Waals surface area contributed by atoms with Crippen LogP contribution in [0.2, 0.25) is 5.02 Å². The van der Waals surface area contributed by atoms with Gasteiger partial charge in [0.05, 0.1) is 5.56 Å². The van der Waals surface area contributed by atoms with Gasteiger partial charge in [0.1, 0.15) is 5.75 Å². The van der Waals surface area contributed by atoms with Crippen LogP contribution in [0.15, 0.2) is 48.5 Å². The normalized spacial score (nSPS) is 15.0. The summed E-state index contributed by atoms with van der Waals surface area (Å²) in [4.78, 5) is 26.4. The summed E-state index contributed by atoms with van der Waals surface area (Å²) >= 11 is 5.91. The largest absolute Gasteiger partial charge is 0.507 e. The van der Waals surface area contributed by atoms with E-state index in [0.29, 0.717) is 36.5 Å². The highest BCUT2D eigenvalue weighted by atomic mass is 35.5. The van der Waals surface area contributed by atoms with Gasteiger partial charge in [-0.3, -0.25) is 9.59 Å². The molecule has 130 valence electrons. The van der Waals surface area contributed by atoms with E-state index in [9.17, 15) is 14.7 Å². The third-order valence-electron chi connectivity index (χ3n) is 4.34. The van der Waals surface area contributed by atoms with Crippen molar-refractivity contribution in [1.29, 1.82) is 0 Å². The molecule has 1 heterocycles. The molecule has 2 N–H and O–H groups in total. The van der Waals surface area contributed by atoms with Crippen LogP contribution < -0.4 is 5.32 Å². The fourth-order valence-electron chi connectivity index (χ4n) is 2.94. The number of aromatic hydroxyl groups is 1. The van der Waals surface area contributed by atoms with E-state index in [1.807, 2.05) is 18.2 Å². The first-order chi connectivity index (χ1) is 12.0. The molecule has 1 fully saturated rings. The van der Waals surface area contributed by atoms with Gasteiger partial charge in [0.25, 0.3) is 11.8 Å². The molecule has 0 atom stereocenters. The molecule has 2 aromatic rings. The van der Waals surface area contributed by atoms with E-state index in [1.165, 1.54) is 12.1 Å². The molecule has 0 radical (unpaired) electrons. The predicted octanol–water partition coefficient (Wildman–Crippen LogP) is 3.08. The third-order valence-corrected chi connectivity index (χ3v) is 4.58. The van der Waals surface area contributed by atoms with Gasteiger partial charge in [0, 0.05) is 29.7 Å². The monoisotopic (exact) mass is 358 g/mol. The van der Waals surface area contributed by atoms with Crippen molar-refractivity contribution in [3.8, 4) is 5.75 Å². The van der Waals surface area contributed by atoms with Crippen molar-refractivity contribution in [3.63, 3.8) is 0 Å². The molecule has 1 aliphatic heterocycles. The van der Waals surface area contributed by atoms with Crippen LogP contribution in [0.25, 0.3) is 0 Å². The van der Waals surface area contributed by atoms with Crippen molar-refractivity contribution in [1.82, 2.24) is 10.2 Å². The molecule has 0 spiro atoms. The number of phenolic OH excluding ortho intramolecular Hbond substituents is 1. The summed E-state index contributed by atoms with van der Waals surface area (Å²) in [6.07, 6.45) is 1.34. The van der Waals surface area contributed by atoms with Crippen molar-refractivity contribution in [2.24, 2.45) is 0 Å². The summed E-state index contributed by atoms with van der Waals surface area (Å²) in [5.74, 6) is -0.417. The number of benzene rings is 2. The van der Waals surface area contributed by atoms with Crippen LogP contribution in [0.5, 0.6) is 5.75 Å². The Hall–Kier alpha value is -2.53. The molecule has 0 unspecified atom stereocenters. The minimum Gasteiger partial charge on any atom is -0.507 e. The van der Waals surface area contributed by atoms with E-state index in [2.05, 4.69) is 5.32 Å². The van der Waals surface area contributed by atoms with Gasteiger partial charge in [-0.25, -0.2) is 0 Å². The number of piperidine rings is 1. The summed E-state index contributed by atoms with van der Waals surface area (Å²) in [6.45, 7) is 1.04. The first-order valence-electron chi connectivity index (χ1n) is 8.18. The maximum atomic E-state index is 12.5. The Balaban J connectivity index is 1.57. The fourth-order valence-corrected chi connectivity index (χ4v) is 3.11. The van der Waals surface area contributed by atoms with Crippen molar-refractivity contribution in [2.75, 3.05) is 13.1 Å². The van der Waals surface area contributed by atoms with Gasteiger partial charge in [-0.1, -0.05) is 29.8 Å². The first-order valence-corrected chi connectivity index (χ1v) is 8.56. The van der Waals surface area contributed by atoms with E-state index < -0.39 is 0 Å². The van der Waals surface area contributed by atoms with Gasteiger partial charge < -0.3 is 15.3 Å². The van der Waals surface area contributed by atoms with Crippen molar-refractivity contribution >= 4 is 23.4 Å². The molecule has 5 nitrogen and oxygen atoms in total. The number of amides is 2. The van der Waals surface area contributed by atoms with Crippen LogP contribution in [0.4, 0.5) is 0 Å². The first kappa shape index (κ1) is 17.3. The molecule has 25 heavy (non-hydrogen) atoms. The number of hydrogen-bond acceptors (Lipinski definition) is 3. The number of phenols is 1. The number of carbonyl (C=O) groups is 2. The number of carbonyl (C=O) groups excluding carboxylic acids is 2. The molecule has 2 amide bonds. The summed E-state index contributed by atoms with van der Waals surface area (Å²) in [7, 11) is 0. The average Bonchev–Trinajstić information content (AvgIpc) is 2.64. The lowest BCUT2D eigenvalue weighted by Gasteiger charge is -2.32. The summed E-state index contributed by atoms with van der Waals surface area (Å²) in [5, 5.41) is 13.3. The summed E-state index contributed by atoms with van der Waals surface area (Å²) in [6, 6.07) is 13.5. The highest BCUT2D eigenvalue weighted by Crippen LogP contribution is 2.24. The van der Waals surface area contributed by atoms with Crippen LogP contribution in [-0.2, 0) is 0 Å². The second kappa shape index (κ2) is 7.57. The number of rotatable bonds is 3. The van der Waals surface area contributed by atoms with Crippen LogP contribution in [0.1, 0.15) is 33.6 Å². The molecule has 1 aliphatic rings. The quantitative estimate of drug-likeness (QED) is 0.885. The molecule has 6 heteroatoms. The van der Waals surface area contributed by atoms with Gasteiger partial charge in [-0.15, -0.1) is 0 Å². The van der Waals surface area contributed by atoms with Crippen LogP contribution >= 0.6 is 11.6 Å². The van der Waals surface area contributed by atoms with Crippen molar-refractivity contribution < 1.29 is 14.7 Å². The van der Waals surface area contributed by atoms with Crippen molar-refractivity contribution in [2.45, 2.75) is 18.9 Å². The van der Waals surface area contributed by atoms with E-state index in [0.717, 1.165) is 0 Å². The Kier molecular flexibility index (Phi) is 5.24. The number of hydrogen-bond donors (Lipinski definition) is 2. The Bertz CT molecular complexity index is 771. The third kappa shape index (κ3) is 4.12. The van der Waals surface area contributed by atoms with Crippen LogP contribution in [-0.4, -0.2) is 41.0 Å². The summed E-state index contributed by atoms with van der Waals surface area (Å²) < 4.78 is 0. The van der Waals surface area contributed by atoms with Crippen LogP contribution in [0.3, 0.4) is 0 Å². The maximum absolute atomic E-state index is 12.5. The fraction of sp³-hybridized carbons (Fsp3) is 0.263. The smallest absolute Gasteiger partial charge is 0.257 e. The second-order valence-electron chi connectivity index (χ2n) is 6.07. The van der Waals surface area contributed by atoms with E-state index in [-0.39, 0.29) is 29.2 Å². The summed E-state index contributed by atoms with van der Waals surface area (Å²) in [5.41, 5.74) is 0.837. The van der Waals surface area contributed by atoms with E-state index in [4.69, 9.17) is 11.6 Å². The Labute approximate surface area is 151 Å².